The van der Waals surface area contributed by atoms with Crippen molar-refractivity contribution >= 4 is 27.5 Å². The van der Waals surface area contributed by atoms with Crippen molar-refractivity contribution in [2.24, 2.45) is 0 Å². The molecule has 2 aromatic carbocycles. The van der Waals surface area contributed by atoms with Gasteiger partial charge in [0.15, 0.2) is 0 Å². The zero-order chi connectivity index (χ0) is 21.2. The molecule has 1 fully saturated rings. The SMILES string of the molecule is Cc1nn(-c2ccccc2)c2sc(C(=O)N3CCN(CCc4ccccc4)CC3)cc12. The highest BCUT2D eigenvalue weighted by Crippen LogP contribution is 2.31. The molecule has 0 bridgehead atoms. The van der Waals surface area contributed by atoms with E-state index in [0.29, 0.717) is 0 Å². The molecule has 0 unspecified atom stereocenters. The van der Waals surface area contributed by atoms with Gasteiger partial charge in [0.2, 0.25) is 0 Å². The van der Waals surface area contributed by atoms with E-state index in [4.69, 9.17) is 0 Å². The largest absolute Gasteiger partial charge is 0.335 e. The minimum absolute atomic E-state index is 0.142. The van der Waals surface area contributed by atoms with Crippen LogP contribution in [0, 0.1) is 6.92 Å². The van der Waals surface area contributed by atoms with Crippen molar-refractivity contribution in [1.82, 2.24) is 19.6 Å². The molecule has 1 aliphatic rings. The van der Waals surface area contributed by atoms with Gasteiger partial charge in [-0.15, -0.1) is 11.3 Å². The highest BCUT2D eigenvalue weighted by Gasteiger charge is 2.25. The van der Waals surface area contributed by atoms with E-state index < -0.39 is 0 Å². The Hall–Kier alpha value is -2.96. The van der Waals surface area contributed by atoms with Gasteiger partial charge in [-0.2, -0.15) is 5.10 Å². The number of fused-ring (bicyclic) bond motifs is 1. The second-order valence-corrected chi connectivity index (χ2v) is 9.06. The van der Waals surface area contributed by atoms with Crippen LogP contribution in [0.5, 0.6) is 0 Å². The van der Waals surface area contributed by atoms with E-state index >= 15 is 0 Å². The van der Waals surface area contributed by atoms with Crippen molar-refractivity contribution in [3.63, 3.8) is 0 Å². The van der Waals surface area contributed by atoms with Gasteiger partial charge in [-0.1, -0.05) is 48.5 Å². The van der Waals surface area contributed by atoms with Crippen LogP contribution in [-0.4, -0.2) is 58.2 Å². The first-order valence-corrected chi connectivity index (χ1v) is 11.6. The molecule has 1 amide bonds. The van der Waals surface area contributed by atoms with E-state index in [9.17, 15) is 4.79 Å². The second-order valence-electron chi connectivity index (χ2n) is 8.03. The van der Waals surface area contributed by atoms with E-state index in [1.807, 2.05) is 52.9 Å². The number of hydrogen-bond donors (Lipinski definition) is 0. The zero-order valence-corrected chi connectivity index (χ0v) is 18.5. The third-order valence-electron chi connectivity index (χ3n) is 5.98. The van der Waals surface area contributed by atoms with Crippen molar-refractivity contribution in [1.29, 1.82) is 0 Å². The molecule has 0 N–H and O–H groups in total. The van der Waals surface area contributed by atoms with Crippen molar-refractivity contribution < 1.29 is 4.79 Å². The average Bonchev–Trinajstić information content (AvgIpc) is 3.39. The van der Waals surface area contributed by atoms with E-state index in [0.717, 1.165) is 65.6 Å². The molecule has 0 saturated carbocycles. The molecule has 2 aromatic heterocycles. The number of rotatable bonds is 5. The van der Waals surface area contributed by atoms with Gasteiger partial charge in [-0.25, -0.2) is 4.68 Å². The fourth-order valence-electron chi connectivity index (χ4n) is 4.16. The summed E-state index contributed by atoms with van der Waals surface area (Å²) in [6.07, 6.45) is 1.06. The highest BCUT2D eigenvalue weighted by molar-refractivity contribution is 7.20. The van der Waals surface area contributed by atoms with Gasteiger partial charge in [-0.3, -0.25) is 9.69 Å². The van der Waals surface area contributed by atoms with E-state index in [-0.39, 0.29) is 5.91 Å². The molecular formula is C25H26N4OS. The lowest BCUT2D eigenvalue weighted by Crippen LogP contribution is -2.48. The Balaban J connectivity index is 1.26. The molecule has 6 heteroatoms. The Morgan fingerprint density at radius 1 is 0.968 bits per heavy atom. The van der Waals surface area contributed by atoms with Crippen molar-refractivity contribution in [2.45, 2.75) is 13.3 Å². The topological polar surface area (TPSA) is 41.4 Å². The Morgan fingerprint density at radius 3 is 2.35 bits per heavy atom. The summed E-state index contributed by atoms with van der Waals surface area (Å²) in [6.45, 7) is 6.48. The standard InChI is InChI=1S/C25H26N4OS/c1-19-22-18-23(31-25(22)29(26-19)21-10-6-3-7-11-21)24(30)28-16-14-27(15-17-28)13-12-20-8-4-2-5-9-20/h2-11,18H,12-17H2,1H3. The van der Waals surface area contributed by atoms with E-state index in [1.165, 1.54) is 5.56 Å². The minimum Gasteiger partial charge on any atom is -0.335 e. The lowest BCUT2D eigenvalue weighted by Gasteiger charge is -2.34. The maximum atomic E-state index is 13.2. The summed E-state index contributed by atoms with van der Waals surface area (Å²) in [6, 6.07) is 22.7. The number of amides is 1. The van der Waals surface area contributed by atoms with Gasteiger partial charge < -0.3 is 4.90 Å². The quantitative estimate of drug-likeness (QED) is 0.471. The van der Waals surface area contributed by atoms with Crippen molar-refractivity contribution in [3.8, 4) is 5.69 Å². The minimum atomic E-state index is 0.142. The molecule has 3 heterocycles. The van der Waals surface area contributed by atoms with Crippen LogP contribution in [0.1, 0.15) is 20.9 Å². The normalized spacial score (nSPS) is 14.9. The van der Waals surface area contributed by atoms with Crippen molar-refractivity contribution in [2.75, 3.05) is 32.7 Å². The van der Waals surface area contributed by atoms with Crippen LogP contribution in [0.25, 0.3) is 15.9 Å². The number of thiophene rings is 1. The van der Waals surface area contributed by atoms with Crippen LogP contribution >= 0.6 is 11.3 Å². The first-order chi connectivity index (χ1) is 15.2. The highest BCUT2D eigenvalue weighted by atomic mass is 32.1. The summed E-state index contributed by atoms with van der Waals surface area (Å²) in [5.74, 6) is 0.142. The third-order valence-corrected chi connectivity index (χ3v) is 7.07. The Morgan fingerprint density at radius 2 is 1.65 bits per heavy atom. The summed E-state index contributed by atoms with van der Waals surface area (Å²) < 4.78 is 1.95. The van der Waals surface area contributed by atoms with Gasteiger partial charge in [0.05, 0.1) is 16.3 Å². The summed E-state index contributed by atoms with van der Waals surface area (Å²) in [5, 5.41) is 5.75. The monoisotopic (exact) mass is 430 g/mol. The van der Waals surface area contributed by atoms with Crippen molar-refractivity contribution in [3.05, 3.63) is 82.9 Å². The fraction of sp³-hybridized carbons (Fsp3) is 0.280. The molecule has 5 rings (SSSR count). The number of carbonyl (C=O) groups is 1. The summed E-state index contributed by atoms with van der Waals surface area (Å²) >= 11 is 1.55. The van der Waals surface area contributed by atoms with Gasteiger partial charge in [0.1, 0.15) is 4.83 Å². The lowest BCUT2D eigenvalue weighted by atomic mass is 10.1. The molecule has 158 valence electrons. The number of piperazine rings is 1. The van der Waals surface area contributed by atoms with Gasteiger partial charge in [0, 0.05) is 38.1 Å². The van der Waals surface area contributed by atoms with Gasteiger partial charge >= 0.3 is 0 Å². The number of carbonyl (C=O) groups excluding carboxylic acids is 1. The van der Waals surface area contributed by atoms with Gasteiger partial charge in [0.25, 0.3) is 5.91 Å². The second kappa shape index (κ2) is 8.65. The van der Waals surface area contributed by atoms with Crippen LogP contribution in [0.4, 0.5) is 0 Å². The Kier molecular flexibility index (Phi) is 5.57. The molecule has 0 spiro atoms. The van der Waals surface area contributed by atoms with Crippen LogP contribution in [0.15, 0.2) is 66.7 Å². The number of para-hydroxylation sites is 1. The number of hydrogen-bond acceptors (Lipinski definition) is 4. The molecule has 31 heavy (non-hydrogen) atoms. The average molecular weight is 431 g/mol. The molecule has 0 aliphatic carbocycles. The van der Waals surface area contributed by atoms with Crippen LogP contribution < -0.4 is 0 Å². The molecule has 0 atom stereocenters. The van der Waals surface area contributed by atoms with E-state index in [2.05, 4.69) is 40.3 Å². The number of nitrogens with zero attached hydrogens (tertiary/aromatic N) is 4. The molecule has 1 saturated heterocycles. The molecular weight excluding hydrogens is 404 g/mol. The Labute approximate surface area is 186 Å². The van der Waals surface area contributed by atoms with Gasteiger partial charge in [-0.05, 0) is 37.1 Å². The number of aromatic nitrogens is 2. The maximum Gasteiger partial charge on any atom is 0.264 e. The predicted molar refractivity (Wildman–Crippen MR) is 126 cm³/mol. The van der Waals surface area contributed by atoms with Crippen LogP contribution in [-0.2, 0) is 6.42 Å². The summed E-state index contributed by atoms with van der Waals surface area (Å²) in [4.78, 5) is 19.5. The molecule has 5 nitrogen and oxygen atoms in total. The lowest BCUT2D eigenvalue weighted by molar-refractivity contribution is 0.0643. The van der Waals surface area contributed by atoms with Crippen LogP contribution in [0.2, 0.25) is 0 Å². The summed E-state index contributed by atoms with van der Waals surface area (Å²) in [5.41, 5.74) is 3.35. The number of benzene rings is 2. The first-order valence-electron chi connectivity index (χ1n) is 10.8. The molecule has 1 aliphatic heterocycles. The van der Waals surface area contributed by atoms with Crippen LogP contribution in [0.3, 0.4) is 0 Å². The summed E-state index contributed by atoms with van der Waals surface area (Å²) in [7, 11) is 0. The van der Waals surface area contributed by atoms with E-state index in [1.54, 1.807) is 11.3 Å². The number of aryl methyl sites for hydroxylation is 1. The fourth-order valence-corrected chi connectivity index (χ4v) is 5.31. The smallest absolute Gasteiger partial charge is 0.264 e. The predicted octanol–water partition coefficient (Wildman–Crippen LogP) is 4.40. The molecule has 4 aromatic rings. The zero-order valence-electron chi connectivity index (χ0n) is 17.7. The third kappa shape index (κ3) is 4.13. The Bertz CT molecular complexity index is 1170. The molecule has 0 radical (unpaired) electrons. The first kappa shape index (κ1) is 20.0. The maximum absolute atomic E-state index is 13.2.